The molecule has 5 heteroatoms. The number of nitrogens with zero attached hydrogens (tertiary/aromatic N) is 3. The van der Waals surface area contributed by atoms with E-state index in [1.54, 1.807) is 23.1 Å². The van der Waals surface area contributed by atoms with Crippen LogP contribution >= 0.6 is 23.1 Å². The fourth-order valence-electron chi connectivity index (χ4n) is 3.21. The van der Waals surface area contributed by atoms with Crippen molar-refractivity contribution in [2.24, 2.45) is 0 Å². The van der Waals surface area contributed by atoms with E-state index in [-0.39, 0.29) is 0 Å². The topological polar surface area (TPSA) is 30.2 Å². The van der Waals surface area contributed by atoms with Crippen molar-refractivity contribution < 1.29 is 0 Å². The Hall–Kier alpha value is -2.89. The SMILES string of the molecule is c1ccc(CSc2nnc3sc(-c4ccccc4)c(-c4ccccc4)n23)cc1. The van der Waals surface area contributed by atoms with E-state index in [2.05, 4.69) is 87.4 Å². The van der Waals surface area contributed by atoms with Gasteiger partial charge in [-0.15, -0.1) is 10.2 Å². The molecule has 2 aromatic heterocycles. The van der Waals surface area contributed by atoms with Crippen LogP contribution in [0.2, 0.25) is 0 Å². The summed E-state index contributed by atoms with van der Waals surface area (Å²) in [6.45, 7) is 0. The van der Waals surface area contributed by atoms with Crippen molar-refractivity contribution in [1.29, 1.82) is 0 Å². The standard InChI is InChI=1S/C23H17N3S2/c1-4-10-17(11-5-1)16-27-22-24-25-23-26(22)20(18-12-6-2-7-13-18)21(28-23)19-14-8-3-9-15-19/h1-15H,16H2. The van der Waals surface area contributed by atoms with Crippen LogP contribution in [0.1, 0.15) is 5.56 Å². The zero-order valence-electron chi connectivity index (χ0n) is 15.0. The summed E-state index contributed by atoms with van der Waals surface area (Å²) in [6.07, 6.45) is 0. The van der Waals surface area contributed by atoms with Crippen molar-refractivity contribution >= 4 is 28.1 Å². The van der Waals surface area contributed by atoms with E-state index < -0.39 is 0 Å². The molecule has 0 radical (unpaired) electrons. The van der Waals surface area contributed by atoms with Crippen LogP contribution in [0, 0.1) is 0 Å². The minimum absolute atomic E-state index is 0.867. The highest BCUT2D eigenvalue weighted by Gasteiger charge is 2.20. The van der Waals surface area contributed by atoms with Gasteiger partial charge in [-0.3, -0.25) is 4.40 Å². The highest BCUT2D eigenvalue weighted by atomic mass is 32.2. The van der Waals surface area contributed by atoms with Gasteiger partial charge >= 0.3 is 0 Å². The van der Waals surface area contributed by atoms with Gasteiger partial charge in [-0.05, 0) is 11.1 Å². The number of rotatable bonds is 5. The molecule has 3 nitrogen and oxygen atoms in total. The van der Waals surface area contributed by atoms with E-state index in [0.717, 1.165) is 21.6 Å². The van der Waals surface area contributed by atoms with Crippen LogP contribution in [0.25, 0.3) is 26.7 Å². The molecule has 2 heterocycles. The van der Waals surface area contributed by atoms with Crippen molar-refractivity contribution in [2.75, 3.05) is 0 Å². The lowest BCUT2D eigenvalue weighted by atomic mass is 10.1. The lowest BCUT2D eigenvalue weighted by molar-refractivity contribution is 0.928. The van der Waals surface area contributed by atoms with Gasteiger partial charge in [0.15, 0.2) is 5.16 Å². The van der Waals surface area contributed by atoms with Crippen molar-refractivity contribution in [3.05, 3.63) is 96.6 Å². The Morgan fingerprint density at radius 2 is 1.32 bits per heavy atom. The third-order valence-corrected chi connectivity index (χ3v) is 6.61. The van der Waals surface area contributed by atoms with Gasteiger partial charge in [-0.25, -0.2) is 0 Å². The molecule has 0 amide bonds. The fraction of sp³-hybridized carbons (Fsp3) is 0.0435. The molecule has 0 atom stereocenters. The largest absolute Gasteiger partial charge is 0.260 e. The van der Waals surface area contributed by atoms with Crippen LogP contribution < -0.4 is 0 Å². The summed E-state index contributed by atoms with van der Waals surface area (Å²) < 4.78 is 2.20. The van der Waals surface area contributed by atoms with Crippen molar-refractivity contribution in [2.45, 2.75) is 10.9 Å². The van der Waals surface area contributed by atoms with Gasteiger partial charge in [0, 0.05) is 11.3 Å². The molecule has 0 unspecified atom stereocenters. The maximum Gasteiger partial charge on any atom is 0.217 e. The second-order valence-electron chi connectivity index (χ2n) is 6.39. The molecule has 0 N–H and O–H groups in total. The first-order chi connectivity index (χ1) is 13.9. The Labute approximate surface area is 171 Å². The lowest BCUT2D eigenvalue weighted by Gasteiger charge is -2.07. The van der Waals surface area contributed by atoms with Crippen molar-refractivity contribution in [1.82, 2.24) is 14.6 Å². The molecular formula is C23H17N3S2. The Balaban J connectivity index is 1.64. The molecule has 3 aromatic carbocycles. The number of fused-ring (bicyclic) bond motifs is 1. The van der Waals surface area contributed by atoms with Crippen molar-refractivity contribution in [3.63, 3.8) is 0 Å². The van der Waals surface area contributed by atoms with Crippen LogP contribution in [0.15, 0.2) is 96.2 Å². The highest BCUT2D eigenvalue weighted by molar-refractivity contribution is 7.98. The average molecular weight is 400 g/mol. The first-order valence-corrected chi connectivity index (χ1v) is 10.9. The van der Waals surface area contributed by atoms with Gasteiger partial charge in [-0.1, -0.05) is 114 Å². The van der Waals surface area contributed by atoms with Gasteiger partial charge in [0.1, 0.15) is 0 Å². The monoisotopic (exact) mass is 399 g/mol. The second-order valence-corrected chi connectivity index (χ2v) is 8.31. The van der Waals surface area contributed by atoms with Gasteiger partial charge in [0.05, 0.1) is 10.6 Å². The molecular weight excluding hydrogens is 382 g/mol. The summed E-state index contributed by atoms with van der Waals surface area (Å²) in [5.74, 6) is 0.867. The zero-order chi connectivity index (χ0) is 18.8. The maximum atomic E-state index is 4.48. The number of thioether (sulfide) groups is 1. The smallest absolute Gasteiger partial charge is 0.217 e. The number of benzene rings is 3. The fourth-order valence-corrected chi connectivity index (χ4v) is 5.26. The Bertz CT molecular complexity index is 1200. The van der Waals surface area contributed by atoms with Crippen LogP contribution in [0.3, 0.4) is 0 Å². The molecule has 0 fully saturated rings. The predicted octanol–water partition coefficient (Wildman–Crippen LogP) is 6.42. The third kappa shape index (κ3) is 3.23. The normalized spacial score (nSPS) is 11.1. The molecule has 0 bridgehead atoms. The van der Waals surface area contributed by atoms with Crippen LogP contribution in [-0.4, -0.2) is 14.6 Å². The zero-order valence-corrected chi connectivity index (χ0v) is 16.7. The van der Waals surface area contributed by atoms with Gasteiger partial charge in [0.25, 0.3) is 0 Å². The molecule has 0 aliphatic carbocycles. The molecule has 5 rings (SSSR count). The molecule has 0 saturated heterocycles. The van der Waals surface area contributed by atoms with E-state index in [1.165, 1.54) is 21.6 Å². The van der Waals surface area contributed by atoms with E-state index in [9.17, 15) is 0 Å². The maximum absolute atomic E-state index is 4.48. The summed E-state index contributed by atoms with van der Waals surface area (Å²) in [7, 11) is 0. The molecule has 0 aliphatic rings. The van der Waals surface area contributed by atoms with Gasteiger partial charge in [-0.2, -0.15) is 0 Å². The van der Waals surface area contributed by atoms with Crippen LogP contribution in [0.4, 0.5) is 0 Å². The Morgan fingerprint density at radius 3 is 2.00 bits per heavy atom. The Morgan fingerprint density at radius 1 is 0.714 bits per heavy atom. The van der Waals surface area contributed by atoms with Crippen LogP contribution in [-0.2, 0) is 5.75 Å². The Kier molecular flexibility index (Phi) is 4.69. The predicted molar refractivity (Wildman–Crippen MR) is 118 cm³/mol. The highest BCUT2D eigenvalue weighted by Crippen LogP contribution is 2.41. The number of aromatic nitrogens is 3. The minimum atomic E-state index is 0.867. The molecule has 0 aliphatic heterocycles. The third-order valence-electron chi connectivity index (χ3n) is 4.53. The second kappa shape index (κ2) is 7.62. The van der Waals surface area contributed by atoms with Gasteiger partial charge in [0.2, 0.25) is 4.96 Å². The summed E-state index contributed by atoms with van der Waals surface area (Å²) >= 11 is 3.41. The quantitative estimate of drug-likeness (QED) is 0.320. The molecule has 136 valence electrons. The summed E-state index contributed by atoms with van der Waals surface area (Å²) in [6, 6.07) is 31.5. The minimum Gasteiger partial charge on any atom is -0.260 e. The van der Waals surface area contributed by atoms with Crippen molar-refractivity contribution in [3.8, 4) is 21.7 Å². The first-order valence-electron chi connectivity index (χ1n) is 9.05. The summed E-state index contributed by atoms with van der Waals surface area (Å²) in [5.41, 5.74) is 4.82. The average Bonchev–Trinajstić information content (AvgIpc) is 3.34. The van der Waals surface area contributed by atoms with Gasteiger partial charge < -0.3 is 0 Å². The molecule has 0 saturated carbocycles. The number of hydrogen-bond donors (Lipinski definition) is 0. The first kappa shape index (κ1) is 17.2. The number of hydrogen-bond acceptors (Lipinski definition) is 4. The lowest BCUT2D eigenvalue weighted by Crippen LogP contribution is -1.92. The summed E-state index contributed by atoms with van der Waals surface area (Å²) in [5, 5.41) is 9.88. The number of thiazole rings is 1. The summed E-state index contributed by atoms with van der Waals surface area (Å²) in [4.78, 5) is 2.14. The molecule has 28 heavy (non-hydrogen) atoms. The van der Waals surface area contributed by atoms with E-state index in [4.69, 9.17) is 0 Å². The van der Waals surface area contributed by atoms with Crippen LogP contribution in [0.5, 0.6) is 0 Å². The van der Waals surface area contributed by atoms with E-state index in [0.29, 0.717) is 0 Å². The van der Waals surface area contributed by atoms with E-state index in [1.807, 2.05) is 18.2 Å². The molecule has 5 aromatic rings. The molecule has 0 spiro atoms. The van der Waals surface area contributed by atoms with E-state index >= 15 is 0 Å².